The van der Waals surface area contributed by atoms with Crippen LogP contribution in [0.15, 0.2) is 18.5 Å². The average molecular weight is 219 g/mol. The Morgan fingerprint density at radius 3 is 3.12 bits per heavy atom. The highest BCUT2D eigenvalue weighted by Crippen LogP contribution is 2.19. The van der Waals surface area contributed by atoms with Crippen molar-refractivity contribution in [2.45, 2.75) is 19.8 Å². The summed E-state index contributed by atoms with van der Waals surface area (Å²) >= 11 is 0. The van der Waals surface area contributed by atoms with Gasteiger partial charge < -0.3 is 10.2 Å². The van der Waals surface area contributed by atoms with Crippen molar-refractivity contribution in [2.75, 3.05) is 31.6 Å². The van der Waals surface area contributed by atoms with E-state index in [-0.39, 0.29) is 0 Å². The Morgan fingerprint density at radius 2 is 2.44 bits per heavy atom. The van der Waals surface area contributed by atoms with Gasteiger partial charge in [-0.3, -0.25) is 4.98 Å². The van der Waals surface area contributed by atoms with Gasteiger partial charge in [-0.2, -0.15) is 0 Å². The van der Waals surface area contributed by atoms with Crippen molar-refractivity contribution in [2.24, 2.45) is 5.92 Å². The molecule has 0 aliphatic carbocycles. The summed E-state index contributed by atoms with van der Waals surface area (Å²) in [4.78, 5) is 6.54. The number of hydrogen-bond donors (Lipinski definition) is 1. The van der Waals surface area contributed by atoms with Gasteiger partial charge in [-0.1, -0.05) is 0 Å². The molecule has 16 heavy (non-hydrogen) atoms. The average Bonchev–Trinajstić information content (AvgIpc) is 2.31. The largest absolute Gasteiger partial charge is 0.373 e. The number of aromatic nitrogens is 1. The third-order valence-corrected chi connectivity index (χ3v) is 3.35. The summed E-state index contributed by atoms with van der Waals surface area (Å²) in [5.74, 6) is 0.776. The Hall–Kier alpha value is -1.09. The van der Waals surface area contributed by atoms with Crippen molar-refractivity contribution in [3.8, 4) is 0 Å². The molecule has 3 heteroatoms. The SMILES string of the molecule is Cc1ccncc1N(C)CC1CCCNC1. The Labute approximate surface area is 97.9 Å². The van der Waals surface area contributed by atoms with Gasteiger partial charge in [0.1, 0.15) is 0 Å². The van der Waals surface area contributed by atoms with E-state index in [1.54, 1.807) is 0 Å². The maximum absolute atomic E-state index is 4.20. The molecular weight excluding hydrogens is 198 g/mol. The fourth-order valence-electron chi connectivity index (χ4n) is 2.42. The molecule has 2 heterocycles. The number of hydrogen-bond acceptors (Lipinski definition) is 3. The third-order valence-electron chi connectivity index (χ3n) is 3.35. The van der Waals surface area contributed by atoms with Crippen LogP contribution < -0.4 is 10.2 Å². The van der Waals surface area contributed by atoms with Gasteiger partial charge in [-0.05, 0) is 50.4 Å². The first-order valence-corrected chi connectivity index (χ1v) is 6.10. The zero-order valence-electron chi connectivity index (χ0n) is 10.2. The first kappa shape index (κ1) is 11.4. The van der Waals surface area contributed by atoms with Gasteiger partial charge in [0.15, 0.2) is 0 Å². The molecule has 1 atom stereocenters. The van der Waals surface area contributed by atoms with Crippen LogP contribution in [0.3, 0.4) is 0 Å². The number of nitrogens with zero attached hydrogens (tertiary/aromatic N) is 2. The van der Waals surface area contributed by atoms with Gasteiger partial charge in [-0.25, -0.2) is 0 Å². The second kappa shape index (κ2) is 5.30. The lowest BCUT2D eigenvalue weighted by molar-refractivity contribution is 0.381. The number of nitrogens with one attached hydrogen (secondary N) is 1. The number of rotatable bonds is 3. The minimum atomic E-state index is 0.776. The fourth-order valence-corrected chi connectivity index (χ4v) is 2.42. The molecule has 0 aromatic carbocycles. The van der Waals surface area contributed by atoms with Gasteiger partial charge in [0, 0.05) is 19.8 Å². The van der Waals surface area contributed by atoms with Gasteiger partial charge in [-0.15, -0.1) is 0 Å². The van der Waals surface area contributed by atoms with Crippen molar-refractivity contribution < 1.29 is 0 Å². The highest BCUT2D eigenvalue weighted by atomic mass is 15.1. The molecule has 1 unspecified atom stereocenters. The molecule has 1 fully saturated rings. The van der Waals surface area contributed by atoms with E-state index in [1.165, 1.54) is 30.6 Å². The monoisotopic (exact) mass is 219 g/mol. The van der Waals surface area contributed by atoms with E-state index in [1.807, 2.05) is 12.4 Å². The summed E-state index contributed by atoms with van der Waals surface area (Å²) in [7, 11) is 2.17. The van der Waals surface area contributed by atoms with Crippen LogP contribution in [0.25, 0.3) is 0 Å². The number of anilines is 1. The van der Waals surface area contributed by atoms with Crippen molar-refractivity contribution in [1.82, 2.24) is 10.3 Å². The van der Waals surface area contributed by atoms with Crippen LogP contribution in [0.4, 0.5) is 5.69 Å². The van der Waals surface area contributed by atoms with Crippen LogP contribution in [0.2, 0.25) is 0 Å². The normalized spacial score (nSPS) is 20.8. The first-order chi connectivity index (χ1) is 7.77. The lowest BCUT2D eigenvalue weighted by Gasteiger charge is -2.29. The second-order valence-corrected chi connectivity index (χ2v) is 4.76. The Morgan fingerprint density at radius 1 is 1.56 bits per heavy atom. The summed E-state index contributed by atoms with van der Waals surface area (Å²) in [5.41, 5.74) is 2.56. The molecule has 88 valence electrons. The number of pyridine rings is 1. The number of aryl methyl sites for hydroxylation is 1. The Balaban J connectivity index is 1.96. The van der Waals surface area contributed by atoms with Crippen LogP contribution in [-0.4, -0.2) is 31.7 Å². The highest BCUT2D eigenvalue weighted by Gasteiger charge is 2.15. The van der Waals surface area contributed by atoms with Crippen molar-refractivity contribution >= 4 is 5.69 Å². The zero-order valence-corrected chi connectivity index (χ0v) is 10.2. The molecule has 0 bridgehead atoms. The lowest BCUT2D eigenvalue weighted by Crippen LogP contribution is -2.37. The van der Waals surface area contributed by atoms with E-state index in [2.05, 4.69) is 35.2 Å². The minimum Gasteiger partial charge on any atom is -0.373 e. The zero-order chi connectivity index (χ0) is 11.4. The molecule has 1 aromatic rings. The summed E-state index contributed by atoms with van der Waals surface area (Å²) in [6.45, 7) is 5.61. The lowest BCUT2D eigenvalue weighted by atomic mass is 9.99. The molecule has 1 saturated heterocycles. The van der Waals surface area contributed by atoms with E-state index in [9.17, 15) is 0 Å². The van der Waals surface area contributed by atoms with E-state index in [0.29, 0.717) is 0 Å². The molecule has 0 saturated carbocycles. The van der Waals surface area contributed by atoms with Crippen LogP contribution >= 0.6 is 0 Å². The highest BCUT2D eigenvalue weighted by molar-refractivity contribution is 5.50. The molecule has 3 nitrogen and oxygen atoms in total. The Kier molecular flexibility index (Phi) is 3.78. The van der Waals surface area contributed by atoms with Crippen molar-refractivity contribution in [3.05, 3.63) is 24.0 Å². The van der Waals surface area contributed by atoms with Crippen LogP contribution in [0, 0.1) is 12.8 Å². The quantitative estimate of drug-likeness (QED) is 0.840. The van der Waals surface area contributed by atoms with E-state index in [0.717, 1.165) is 19.0 Å². The van der Waals surface area contributed by atoms with Crippen LogP contribution in [0.5, 0.6) is 0 Å². The molecule has 1 N–H and O–H groups in total. The van der Waals surface area contributed by atoms with Gasteiger partial charge in [0.2, 0.25) is 0 Å². The van der Waals surface area contributed by atoms with Crippen molar-refractivity contribution in [3.63, 3.8) is 0 Å². The molecule has 2 rings (SSSR count). The standard InChI is InChI=1S/C13H21N3/c1-11-5-7-15-9-13(11)16(2)10-12-4-3-6-14-8-12/h5,7,9,12,14H,3-4,6,8,10H2,1-2H3. The molecule has 0 radical (unpaired) electrons. The summed E-state index contributed by atoms with van der Waals surface area (Å²) < 4.78 is 0. The van der Waals surface area contributed by atoms with Crippen LogP contribution in [-0.2, 0) is 0 Å². The molecule has 0 amide bonds. The van der Waals surface area contributed by atoms with Gasteiger partial charge >= 0.3 is 0 Å². The predicted molar refractivity (Wildman–Crippen MR) is 67.8 cm³/mol. The molecule has 1 aliphatic rings. The van der Waals surface area contributed by atoms with E-state index < -0.39 is 0 Å². The molecular formula is C13H21N3. The number of piperidine rings is 1. The van der Waals surface area contributed by atoms with E-state index in [4.69, 9.17) is 0 Å². The minimum absolute atomic E-state index is 0.776. The second-order valence-electron chi connectivity index (χ2n) is 4.76. The smallest absolute Gasteiger partial charge is 0.0579 e. The molecule has 1 aliphatic heterocycles. The van der Waals surface area contributed by atoms with Crippen molar-refractivity contribution in [1.29, 1.82) is 0 Å². The fraction of sp³-hybridized carbons (Fsp3) is 0.615. The van der Waals surface area contributed by atoms with Gasteiger partial charge in [0.25, 0.3) is 0 Å². The maximum atomic E-state index is 4.20. The summed E-state index contributed by atoms with van der Waals surface area (Å²) in [6.07, 6.45) is 6.47. The van der Waals surface area contributed by atoms with Gasteiger partial charge in [0.05, 0.1) is 11.9 Å². The molecule has 0 spiro atoms. The van der Waals surface area contributed by atoms with E-state index >= 15 is 0 Å². The third kappa shape index (κ3) is 2.73. The molecule has 1 aromatic heterocycles. The first-order valence-electron chi connectivity index (χ1n) is 6.10. The predicted octanol–water partition coefficient (Wildman–Crippen LogP) is 1.83. The Bertz CT molecular complexity index is 332. The summed E-state index contributed by atoms with van der Waals surface area (Å²) in [5, 5.41) is 3.46. The summed E-state index contributed by atoms with van der Waals surface area (Å²) in [6, 6.07) is 2.07. The van der Waals surface area contributed by atoms with Crippen LogP contribution in [0.1, 0.15) is 18.4 Å². The topological polar surface area (TPSA) is 28.2 Å². The maximum Gasteiger partial charge on any atom is 0.0579 e.